The Morgan fingerprint density at radius 2 is 1.62 bits per heavy atom. The molecule has 2 aromatic carbocycles. The number of nitrogens with one attached hydrogen (secondary N) is 2. The number of aryl methyl sites for hydroxylation is 1. The number of amides is 2. The minimum Gasteiger partial charge on any atom is -0.348 e. The Morgan fingerprint density at radius 1 is 0.885 bits per heavy atom. The Morgan fingerprint density at radius 3 is 2.35 bits per heavy atom. The predicted octanol–water partition coefficient (Wildman–Crippen LogP) is 3.57. The highest BCUT2D eigenvalue weighted by Crippen LogP contribution is 2.17. The van der Waals surface area contributed by atoms with Crippen LogP contribution in [-0.4, -0.2) is 16.8 Å². The highest BCUT2D eigenvalue weighted by atomic mass is 16.2. The number of carbonyl (C=O) groups is 2. The van der Waals surface area contributed by atoms with Gasteiger partial charge in [-0.15, -0.1) is 0 Å². The molecule has 0 unspecified atom stereocenters. The van der Waals surface area contributed by atoms with Crippen molar-refractivity contribution in [2.45, 2.75) is 13.5 Å². The van der Waals surface area contributed by atoms with Gasteiger partial charge >= 0.3 is 0 Å². The molecule has 5 heteroatoms. The van der Waals surface area contributed by atoms with E-state index in [0.717, 1.165) is 11.1 Å². The van der Waals surface area contributed by atoms with E-state index < -0.39 is 0 Å². The third kappa shape index (κ3) is 4.13. The number of para-hydroxylation sites is 1. The first-order valence-corrected chi connectivity index (χ1v) is 8.28. The standard InChI is InChI=1S/C21H19N3O2/c1-15-7-2-3-9-17(15)21(26)24-19-11-5-4-10-18(19)20(25)23-14-16-8-6-12-22-13-16/h2-13H,14H2,1H3,(H,23,25)(H,24,26). The summed E-state index contributed by atoms with van der Waals surface area (Å²) < 4.78 is 0. The fraction of sp³-hybridized carbons (Fsp3) is 0.0952. The van der Waals surface area contributed by atoms with Gasteiger partial charge in [-0.1, -0.05) is 36.4 Å². The van der Waals surface area contributed by atoms with Crippen molar-refractivity contribution in [1.29, 1.82) is 0 Å². The predicted molar refractivity (Wildman–Crippen MR) is 101 cm³/mol. The van der Waals surface area contributed by atoms with Crippen molar-refractivity contribution < 1.29 is 9.59 Å². The molecule has 0 bridgehead atoms. The summed E-state index contributed by atoms with van der Waals surface area (Å²) >= 11 is 0. The van der Waals surface area contributed by atoms with Crippen molar-refractivity contribution in [2.24, 2.45) is 0 Å². The molecule has 0 saturated heterocycles. The van der Waals surface area contributed by atoms with E-state index in [1.165, 1.54) is 0 Å². The van der Waals surface area contributed by atoms with Gasteiger partial charge in [0.05, 0.1) is 11.3 Å². The molecule has 130 valence electrons. The first-order chi connectivity index (χ1) is 12.6. The van der Waals surface area contributed by atoms with Gasteiger partial charge < -0.3 is 10.6 Å². The van der Waals surface area contributed by atoms with E-state index in [1.54, 1.807) is 42.7 Å². The Balaban J connectivity index is 1.74. The minimum absolute atomic E-state index is 0.240. The van der Waals surface area contributed by atoms with Crippen LogP contribution in [0.25, 0.3) is 0 Å². The second kappa shape index (κ2) is 8.07. The van der Waals surface area contributed by atoms with E-state index in [1.807, 2.05) is 37.3 Å². The molecule has 0 aliphatic heterocycles. The Bertz CT molecular complexity index is 923. The van der Waals surface area contributed by atoms with Crippen molar-refractivity contribution in [3.8, 4) is 0 Å². The lowest BCUT2D eigenvalue weighted by Crippen LogP contribution is -2.25. The van der Waals surface area contributed by atoms with Crippen LogP contribution in [0.15, 0.2) is 73.1 Å². The molecule has 0 saturated carbocycles. The van der Waals surface area contributed by atoms with Crippen LogP contribution in [0.5, 0.6) is 0 Å². The molecule has 3 aromatic rings. The van der Waals surface area contributed by atoms with Crippen molar-refractivity contribution in [1.82, 2.24) is 10.3 Å². The zero-order chi connectivity index (χ0) is 18.4. The van der Waals surface area contributed by atoms with Crippen molar-refractivity contribution >= 4 is 17.5 Å². The summed E-state index contributed by atoms with van der Waals surface area (Å²) in [5.41, 5.74) is 3.26. The average molecular weight is 345 g/mol. The quantitative estimate of drug-likeness (QED) is 0.742. The smallest absolute Gasteiger partial charge is 0.255 e. The summed E-state index contributed by atoms with van der Waals surface area (Å²) in [5.74, 6) is -0.495. The molecule has 0 atom stereocenters. The van der Waals surface area contributed by atoms with Gasteiger partial charge in [-0.2, -0.15) is 0 Å². The zero-order valence-corrected chi connectivity index (χ0v) is 14.4. The van der Waals surface area contributed by atoms with Gasteiger partial charge in [0.2, 0.25) is 0 Å². The SMILES string of the molecule is Cc1ccccc1C(=O)Nc1ccccc1C(=O)NCc1cccnc1. The number of aromatic nitrogens is 1. The number of rotatable bonds is 5. The maximum atomic E-state index is 12.5. The van der Waals surface area contributed by atoms with Gasteiger partial charge in [0, 0.05) is 24.5 Å². The van der Waals surface area contributed by atoms with E-state index in [2.05, 4.69) is 15.6 Å². The van der Waals surface area contributed by atoms with Crippen LogP contribution in [0, 0.1) is 6.92 Å². The molecule has 1 aromatic heterocycles. The summed E-state index contributed by atoms with van der Waals surface area (Å²) in [6.45, 7) is 2.24. The van der Waals surface area contributed by atoms with Crippen LogP contribution in [0.2, 0.25) is 0 Å². The average Bonchev–Trinajstić information content (AvgIpc) is 2.67. The van der Waals surface area contributed by atoms with Gasteiger partial charge in [-0.25, -0.2) is 0 Å². The van der Waals surface area contributed by atoms with Crippen LogP contribution < -0.4 is 10.6 Å². The van der Waals surface area contributed by atoms with E-state index in [0.29, 0.717) is 23.4 Å². The lowest BCUT2D eigenvalue weighted by Gasteiger charge is -2.12. The molecule has 0 aliphatic rings. The van der Waals surface area contributed by atoms with Gasteiger partial charge in [0.15, 0.2) is 0 Å². The highest BCUT2D eigenvalue weighted by Gasteiger charge is 2.14. The maximum absolute atomic E-state index is 12.5. The topological polar surface area (TPSA) is 71.1 Å². The molecule has 2 N–H and O–H groups in total. The number of pyridine rings is 1. The lowest BCUT2D eigenvalue weighted by molar-refractivity contribution is 0.0951. The molecule has 0 radical (unpaired) electrons. The van der Waals surface area contributed by atoms with Crippen molar-refractivity contribution in [2.75, 3.05) is 5.32 Å². The third-order valence-electron chi connectivity index (χ3n) is 3.99. The van der Waals surface area contributed by atoms with Crippen molar-refractivity contribution in [3.05, 3.63) is 95.3 Å². The molecule has 3 rings (SSSR count). The Hall–Kier alpha value is -3.47. The third-order valence-corrected chi connectivity index (χ3v) is 3.99. The summed E-state index contributed by atoms with van der Waals surface area (Å²) in [7, 11) is 0. The summed E-state index contributed by atoms with van der Waals surface area (Å²) in [4.78, 5) is 29.1. The molecule has 0 fully saturated rings. The monoisotopic (exact) mass is 345 g/mol. The number of benzene rings is 2. The molecule has 0 aliphatic carbocycles. The van der Waals surface area contributed by atoms with Gasteiger partial charge in [0.25, 0.3) is 11.8 Å². The van der Waals surface area contributed by atoms with Crippen molar-refractivity contribution in [3.63, 3.8) is 0 Å². The first kappa shape index (κ1) is 17.4. The number of carbonyl (C=O) groups excluding carboxylic acids is 2. The second-order valence-corrected chi connectivity index (χ2v) is 5.86. The first-order valence-electron chi connectivity index (χ1n) is 8.28. The molecule has 1 heterocycles. The number of anilines is 1. The minimum atomic E-state index is -0.255. The molecule has 0 spiro atoms. The zero-order valence-electron chi connectivity index (χ0n) is 14.4. The maximum Gasteiger partial charge on any atom is 0.255 e. The molecular formula is C21H19N3O2. The summed E-state index contributed by atoms with van der Waals surface area (Å²) in [6.07, 6.45) is 3.38. The molecule has 2 amide bonds. The normalized spacial score (nSPS) is 10.2. The lowest BCUT2D eigenvalue weighted by atomic mass is 10.1. The Kier molecular flexibility index (Phi) is 5.39. The summed E-state index contributed by atoms with van der Waals surface area (Å²) in [5, 5.41) is 5.68. The number of hydrogen-bond donors (Lipinski definition) is 2. The van der Waals surface area contributed by atoms with Crippen LogP contribution >= 0.6 is 0 Å². The Labute approximate surface area is 152 Å². The summed E-state index contributed by atoms with van der Waals surface area (Å²) in [6, 6.07) is 18.0. The number of hydrogen-bond acceptors (Lipinski definition) is 3. The van der Waals surface area contributed by atoms with E-state index >= 15 is 0 Å². The molecular weight excluding hydrogens is 326 g/mol. The van der Waals surface area contributed by atoms with Gasteiger partial charge in [0.1, 0.15) is 0 Å². The fourth-order valence-corrected chi connectivity index (χ4v) is 2.59. The second-order valence-electron chi connectivity index (χ2n) is 5.86. The van der Waals surface area contributed by atoms with E-state index in [-0.39, 0.29) is 11.8 Å². The van der Waals surface area contributed by atoms with Crippen LogP contribution in [0.4, 0.5) is 5.69 Å². The van der Waals surface area contributed by atoms with E-state index in [9.17, 15) is 9.59 Å². The fourth-order valence-electron chi connectivity index (χ4n) is 2.59. The van der Waals surface area contributed by atoms with Crippen LogP contribution in [0.3, 0.4) is 0 Å². The van der Waals surface area contributed by atoms with Crippen LogP contribution in [0.1, 0.15) is 31.8 Å². The van der Waals surface area contributed by atoms with Gasteiger partial charge in [-0.3, -0.25) is 14.6 Å². The van der Waals surface area contributed by atoms with E-state index in [4.69, 9.17) is 0 Å². The molecule has 5 nitrogen and oxygen atoms in total. The molecule has 26 heavy (non-hydrogen) atoms. The van der Waals surface area contributed by atoms with Gasteiger partial charge in [-0.05, 0) is 42.3 Å². The highest BCUT2D eigenvalue weighted by molar-refractivity contribution is 6.09. The van der Waals surface area contributed by atoms with Crippen LogP contribution in [-0.2, 0) is 6.54 Å². The number of nitrogens with zero attached hydrogens (tertiary/aromatic N) is 1. The largest absolute Gasteiger partial charge is 0.348 e.